The van der Waals surface area contributed by atoms with Crippen LogP contribution in [0.1, 0.15) is 16.8 Å². The van der Waals surface area contributed by atoms with E-state index in [9.17, 15) is 9.59 Å². The molecule has 0 unspecified atom stereocenters. The highest BCUT2D eigenvalue weighted by Crippen LogP contribution is 2.23. The van der Waals surface area contributed by atoms with Crippen molar-refractivity contribution in [2.24, 2.45) is 0 Å². The Kier molecular flexibility index (Phi) is 2.64. The Bertz CT molecular complexity index is 928. The highest BCUT2D eigenvalue weighted by molar-refractivity contribution is 5.83. The molecule has 0 aliphatic rings. The molecule has 2 heterocycles. The SMILES string of the molecule is Cc1cc(=O)n(-c2cc3c(C)cc(=O)oc3cc2C)[nH]1. The maximum absolute atomic E-state index is 11.9. The molecule has 5 nitrogen and oxygen atoms in total. The lowest BCUT2D eigenvalue weighted by Gasteiger charge is -2.09. The third-order valence-electron chi connectivity index (χ3n) is 3.36. The summed E-state index contributed by atoms with van der Waals surface area (Å²) in [6.45, 7) is 5.55. The highest BCUT2D eigenvalue weighted by Gasteiger charge is 2.10. The highest BCUT2D eigenvalue weighted by atomic mass is 16.4. The molecule has 0 spiro atoms. The van der Waals surface area contributed by atoms with Crippen LogP contribution in [0.25, 0.3) is 16.7 Å². The Balaban J connectivity index is 2.38. The number of fused-ring (bicyclic) bond motifs is 1. The molecule has 0 bridgehead atoms. The summed E-state index contributed by atoms with van der Waals surface area (Å²) in [5.41, 5.74) is 3.30. The number of aromatic nitrogens is 2. The van der Waals surface area contributed by atoms with Crippen molar-refractivity contribution in [2.75, 3.05) is 0 Å². The van der Waals surface area contributed by atoms with Crippen LogP contribution in [0.15, 0.2) is 38.3 Å². The van der Waals surface area contributed by atoms with Crippen LogP contribution in [0.2, 0.25) is 0 Å². The number of aromatic amines is 1. The fraction of sp³-hybridized carbons (Fsp3) is 0.200. The first kappa shape index (κ1) is 12.5. The number of rotatable bonds is 1. The molecule has 2 aromatic heterocycles. The molecule has 3 rings (SSSR count). The van der Waals surface area contributed by atoms with Gasteiger partial charge in [0.25, 0.3) is 5.56 Å². The molecule has 0 radical (unpaired) electrons. The second kappa shape index (κ2) is 4.23. The first-order chi connectivity index (χ1) is 9.45. The van der Waals surface area contributed by atoms with Gasteiger partial charge in [-0.2, -0.15) is 0 Å². The van der Waals surface area contributed by atoms with Crippen molar-refractivity contribution in [1.82, 2.24) is 9.78 Å². The normalized spacial score (nSPS) is 11.2. The van der Waals surface area contributed by atoms with E-state index < -0.39 is 0 Å². The second-order valence-corrected chi connectivity index (χ2v) is 5.00. The summed E-state index contributed by atoms with van der Waals surface area (Å²) in [4.78, 5) is 23.3. The van der Waals surface area contributed by atoms with E-state index in [2.05, 4.69) is 5.10 Å². The first-order valence-corrected chi connectivity index (χ1v) is 6.30. The maximum Gasteiger partial charge on any atom is 0.336 e. The van der Waals surface area contributed by atoms with E-state index in [1.54, 1.807) is 12.1 Å². The summed E-state index contributed by atoms with van der Waals surface area (Å²) in [5.74, 6) is 0. The molecular weight excluding hydrogens is 256 g/mol. The van der Waals surface area contributed by atoms with Crippen molar-refractivity contribution in [3.8, 4) is 5.69 Å². The summed E-state index contributed by atoms with van der Waals surface area (Å²) in [6.07, 6.45) is 0. The molecule has 0 aliphatic heterocycles. The van der Waals surface area contributed by atoms with Gasteiger partial charge in [-0.1, -0.05) is 0 Å². The molecule has 0 saturated carbocycles. The van der Waals surface area contributed by atoms with Gasteiger partial charge >= 0.3 is 5.63 Å². The van der Waals surface area contributed by atoms with Crippen LogP contribution >= 0.6 is 0 Å². The smallest absolute Gasteiger partial charge is 0.336 e. The molecule has 20 heavy (non-hydrogen) atoms. The molecular formula is C15H14N2O3. The van der Waals surface area contributed by atoms with E-state index in [1.165, 1.54) is 10.7 Å². The minimum absolute atomic E-state index is 0.111. The zero-order chi connectivity index (χ0) is 14.4. The molecule has 0 aliphatic carbocycles. The van der Waals surface area contributed by atoms with Gasteiger partial charge in [0.1, 0.15) is 5.58 Å². The van der Waals surface area contributed by atoms with E-state index in [0.29, 0.717) is 5.58 Å². The van der Waals surface area contributed by atoms with E-state index in [4.69, 9.17) is 4.42 Å². The van der Waals surface area contributed by atoms with E-state index in [-0.39, 0.29) is 11.2 Å². The zero-order valence-corrected chi connectivity index (χ0v) is 11.5. The fourth-order valence-electron chi connectivity index (χ4n) is 2.39. The van der Waals surface area contributed by atoms with Gasteiger partial charge in [0.05, 0.1) is 5.69 Å². The summed E-state index contributed by atoms with van der Waals surface area (Å²) in [7, 11) is 0. The minimum Gasteiger partial charge on any atom is -0.423 e. The lowest BCUT2D eigenvalue weighted by atomic mass is 10.1. The Morgan fingerprint density at radius 3 is 2.40 bits per heavy atom. The summed E-state index contributed by atoms with van der Waals surface area (Å²) >= 11 is 0. The average molecular weight is 270 g/mol. The maximum atomic E-state index is 11.9. The van der Waals surface area contributed by atoms with Gasteiger partial charge in [0.15, 0.2) is 0 Å². The predicted molar refractivity (Wildman–Crippen MR) is 76.6 cm³/mol. The van der Waals surface area contributed by atoms with Crippen LogP contribution < -0.4 is 11.2 Å². The first-order valence-electron chi connectivity index (χ1n) is 6.30. The number of aryl methyl sites for hydroxylation is 3. The van der Waals surface area contributed by atoms with E-state index >= 15 is 0 Å². The molecule has 3 aromatic rings. The van der Waals surface area contributed by atoms with Gasteiger partial charge in [-0.25, -0.2) is 9.48 Å². The number of benzene rings is 1. The monoisotopic (exact) mass is 270 g/mol. The molecule has 1 N–H and O–H groups in total. The summed E-state index contributed by atoms with van der Waals surface area (Å²) in [5, 5.41) is 3.83. The third kappa shape index (κ3) is 1.87. The number of hydrogen-bond acceptors (Lipinski definition) is 3. The second-order valence-electron chi connectivity index (χ2n) is 5.00. The quantitative estimate of drug-likeness (QED) is 0.689. The summed E-state index contributed by atoms with van der Waals surface area (Å²) < 4.78 is 6.69. The van der Waals surface area contributed by atoms with E-state index in [0.717, 1.165) is 27.9 Å². The van der Waals surface area contributed by atoms with Crippen LogP contribution in [0, 0.1) is 20.8 Å². The molecule has 1 aromatic carbocycles. The predicted octanol–water partition coefficient (Wildman–Crippen LogP) is 2.20. The topological polar surface area (TPSA) is 68.0 Å². The molecule has 0 atom stereocenters. The zero-order valence-electron chi connectivity index (χ0n) is 11.5. The molecule has 0 fully saturated rings. The van der Waals surface area contributed by atoms with E-state index in [1.807, 2.05) is 26.8 Å². The van der Waals surface area contributed by atoms with Crippen molar-refractivity contribution in [2.45, 2.75) is 20.8 Å². The van der Waals surface area contributed by atoms with Crippen LogP contribution in [-0.2, 0) is 0 Å². The third-order valence-corrected chi connectivity index (χ3v) is 3.36. The van der Waals surface area contributed by atoms with Crippen molar-refractivity contribution in [3.63, 3.8) is 0 Å². The molecule has 0 amide bonds. The van der Waals surface area contributed by atoms with Crippen molar-refractivity contribution in [3.05, 3.63) is 61.9 Å². The largest absolute Gasteiger partial charge is 0.423 e. The van der Waals surface area contributed by atoms with Crippen LogP contribution in [0.4, 0.5) is 0 Å². The van der Waals surface area contributed by atoms with Crippen molar-refractivity contribution < 1.29 is 4.42 Å². The van der Waals surface area contributed by atoms with Gasteiger partial charge in [-0.15, -0.1) is 0 Å². The standard InChI is InChI=1S/C15H14N2O3/c1-8-5-15(19)20-13-4-9(2)12(7-11(8)13)17-14(18)6-10(3)16-17/h4-7,16H,1-3H3. The van der Waals surface area contributed by atoms with Crippen LogP contribution in [0.3, 0.4) is 0 Å². The Morgan fingerprint density at radius 1 is 1.00 bits per heavy atom. The van der Waals surface area contributed by atoms with Crippen LogP contribution in [-0.4, -0.2) is 9.78 Å². The Labute approximate surface area is 114 Å². The number of nitrogens with zero attached hydrogens (tertiary/aromatic N) is 1. The van der Waals surface area contributed by atoms with Gasteiger partial charge in [0, 0.05) is 23.2 Å². The molecule has 5 heteroatoms. The fourth-order valence-corrected chi connectivity index (χ4v) is 2.39. The summed E-state index contributed by atoms with van der Waals surface area (Å²) in [6, 6.07) is 6.63. The number of H-pyrrole nitrogens is 1. The van der Waals surface area contributed by atoms with Gasteiger partial charge in [-0.05, 0) is 44.0 Å². The van der Waals surface area contributed by atoms with Gasteiger partial charge < -0.3 is 4.42 Å². The Morgan fingerprint density at radius 2 is 1.75 bits per heavy atom. The number of hydrogen-bond donors (Lipinski definition) is 1. The molecule has 102 valence electrons. The lowest BCUT2D eigenvalue weighted by Crippen LogP contribution is -2.14. The number of nitrogens with one attached hydrogen (secondary N) is 1. The van der Waals surface area contributed by atoms with Crippen molar-refractivity contribution in [1.29, 1.82) is 0 Å². The van der Waals surface area contributed by atoms with Gasteiger partial charge in [0.2, 0.25) is 0 Å². The van der Waals surface area contributed by atoms with Crippen LogP contribution in [0.5, 0.6) is 0 Å². The Hall–Kier alpha value is -2.56. The minimum atomic E-state index is -0.366. The molecule has 0 saturated heterocycles. The average Bonchev–Trinajstić information content (AvgIpc) is 2.67. The lowest BCUT2D eigenvalue weighted by molar-refractivity contribution is 0.559. The van der Waals surface area contributed by atoms with Crippen molar-refractivity contribution >= 4 is 11.0 Å². The van der Waals surface area contributed by atoms with Gasteiger partial charge in [-0.3, -0.25) is 9.89 Å².